The Hall–Kier alpha value is -3.35. The molecular formula is C25H28N2O4. The maximum Gasteiger partial charge on any atom is 0.262 e. The van der Waals surface area contributed by atoms with Gasteiger partial charge in [0.1, 0.15) is 0 Å². The van der Waals surface area contributed by atoms with Crippen LogP contribution in [0, 0.1) is 6.92 Å². The molecule has 1 amide bonds. The van der Waals surface area contributed by atoms with Crippen LogP contribution in [-0.4, -0.2) is 31.3 Å². The first kappa shape index (κ1) is 22.3. The Morgan fingerprint density at radius 1 is 1.00 bits per heavy atom. The van der Waals surface area contributed by atoms with Crippen molar-refractivity contribution in [3.8, 4) is 11.5 Å². The third kappa shape index (κ3) is 6.57. The lowest BCUT2D eigenvalue weighted by Gasteiger charge is -2.17. The second-order valence-corrected chi connectivity index (χ2v) is 7.21. The molecule has 0 fully saturated rings. The molecule has 3 rings (SSSR count). The average molecular weight is 421 g/mol. The Labute approximate surface area is 182 Å². The monoisotopic (exact) mass is 420 g/mol. The number of rotatable bonds is 10. The zero-order valence-electron chi connectivity index (χ0n) is 17.8. The minimum atomic E-state index is -0.614. The number of carbonyl (C=O) groups is 1. The molecule has 0 unspecified atom stereocenters. The average Bonchev–Trinajstić information content (AvgIpc) is 2.80. The lowest BCUT2D eigenvalue weighted by Crippen LogP contribution is -2.23. The van der Waals surface area contributed by atoms with Crippen LogP contribution < -0.4 is 20.1 Å². The highest BCUT2D eigenvalue weighted by atomic mass is 16.5. The van der Waals surface area contributed by atoms with E-state index in [0.29, 0.717) is 24.6 Å². The summed E-state index contributed by atoms with van der Waals surface area (Å²) < 4.78 is 11.2. The third-order valence-electron chi connectivity index (χ3n) is 4.80. The van der Waals surface area contributed by atoms with Crippen molar-refractivity contribution in [2.24, 2.45) is 0 Å². The Morgan fingerprint density at radius 2 is 1.74 bits per heavy atom. The van der Waals surface area contributed by atoms with Crippen molar-refractivity contribution in [3.05, 3.63) is 89.5 Å². The number of hydrogen-bond donors (Lipinski definition) is 3. The van der Waals surface area contributed by atoms with Gasteiger partial charge in [-0.2, -0.15) is 0 Å². The Morgan fingerprint density at radius 3 is 2.45 bits per heavy atom. The summed E-state index contributed by atoms with van der Waals surface area (Å²) in [6.45, 7) is 2.68. The highest BCUT2D eigenvalue weighted by Gasteiger charge is 2.14. The maximum absolute atomic E-state index is 12.3. The second kappa shape index (κ2) is 11.2. The van der Waals surface area contributed by atoms with Gasteiger partial charge in [-0.05, 0) is 30.7 Å². The Bertz CT molecular complexity index is 975. The van der Waals surface area contributed by atoms with Gasteiger partial charge in [-0.25, -0.2) is 0 Å². The van der Waals surface area contributed by atoms with E-state index >= 15 is 0 Å². The first-order chi connectivity index (χ1) is 15.1. The summed E-state index contributed by atoms with van der Waals surface area (Å²) in [5, 5.41) is 16.4. The van der Waals surface area contributed by atoms with Gasteiger partial charge < -0.3 is 25.2 Å². The van der Waals surface area contributed by atoms with Crippen LogP contribution in [0.1, 0.15) is 22.8 Å². The molecule has 31 heavy (non-hydrogen) atoms. The number of amides is 1. The molecular weight excluding hydrogens is 392 g/mol. The molecule has 3 aromatic rings. The fourth-order valence-electron chi connectivity index (χ4n) is 3.13. The first-order valence-electron chi connectivity index (χ1n) is 10.2. The molecule has 6 nitrogen and oxygen atoms in total. The quantitative estimate of drug-likeness (QED) is 0.464. The minimum Gasteiger partial charge on any atom is -0.493 e. The lowest BCUT2D eigenvalue weighted by molar-refractivity contribution is -0.118. The van der Waals surface area contributed by atoms with Crippen molar-refractivity contribution in [2.45, 2.75) is 19.6 Å². The van der Waals surface area contributed by atoms with E-state index in [0.717, 1.165) is 22.4 Å². The van der Waals surface area contributed by atoms with E-state index < -0.39 is 6.10 Å². The molecule has 0 aliphatic carbocycles. The predicted molar refractivity (Wildman–Crippen MR) is 121 cm³/mol. The number of aliphatic hydroxyl groups excluding tert-OH is 1. The lowest BCUT2D eigenvalue weighted by atomic mass is 10.1. The fraction of sp³-hybridized carbons (Fsp3) is 0.240. The molecule has 0 saturated heterocycles. The molecule has 0 saturated carbocycles. The second-order valence-electron chi connectivity index (χ2n) is 7.21. The van der Waals surface area contributed by atoms with Crippen molar-refractivity contribution >= 4 is 11.6 Å². The Balaban J connectivity index is 1.59. The van der Waals surface area contributed by atoms with Crippen molar-refractivity contribution in [3.63, 3.8) is 0 Å². The number of aryl methyl sites for hydroxylation is 1. The zero-order valence-corrected chi connectivity index (χ0v) is 17.8. The molecule has 0 aliphatic heterocycles. The van der Waals surface area contributed by atoms with Crippen molar-refractivity contribution < 1.29 is 19.4 Å². The largest absolute Gasteiger partial charge is 0.493 e. The van der Waals surface area contributed by atoms with Gasteiger partial charge in [0.2, 0.25) is 0 Å². The van der Waals surface area contributed by atoms with Crippen LogP contribution in [0.15, 0.2) is 72.8 Å². The summed E-state index contributed by atoms with van der Waals surface area (Å²) in [6.07, 6.45) is -0.614. The molecule has 3 aromatic carbocycles. The van der Waals surface area contributed by atoms with Gasteiger partial charge in [0.25, 0.3) is 5.91 Å². The van der Waals surface area contributed by atoms with Gasteiger partial charge in [0, 0.05) is 24.3 Å². The molecule has 0 aliphatic rings. The zero-order chi connectivity index (χ0) is 22.1. The molecule has 0 aromatic heterocycles. The molecule has 162 valence electrons. The molecule has 0 radical (unpaired) electrons. The van der Waals surface area contributed by atoms with Crippen LogP contribution >= 0.6 is 0 Å². The van der Waals surface area contributed by atoms with Gasteiger partial charge in [-0.3, -0.25) is 4.79 Å². The van der Waals surface area contributed by atoms with E-state index in [2.05, 4.69) is 10.6 Å². The number of benzene rings is 3. The maximum atomic E-state index is 12.3. The van der Waals surface area contributed by atoms with E-state index in [1.807, 2.05) is 73.7 Å². The standard InChI is InChI=1S/C25H28N2O4/c1-18-11-13-21(14-12-18)27-24(29)17-31-25-20(9-6-10-23(25)30-2)15-26-16-22(28)19-7-4-3-5-8-19/h3-14,22,26,28H,15-17H2,1-2H3,(H,27,29)/t22-/m1/s1. The number of carbonyl (C=O) groups excluding carboxylic acids is 1. The van der Waals surface area contributed by atoms with Gasteiger partial charge in [0.05, 0.1) is 13.2 Å². The molecule has 1 atom stereocenters. The molecule has 0 heterocycles. The van der Waals surface area contributed by atoms with Gasteiger partial charge >= 0.3 is 0 Å². The molecule has 3 N–H and O–H groups in total. The van der Waals surface area contributed by atoms with Gasteiger partial charge in [-0.15, -0.1) is 0 Å². The van der Waals surface area contributed by atoms with Crippen LogP contribution in [0.5, 0.6) is 11.5 Å². The van der Waals surface area contributed by atoms with Crippen molar-refractivity contribution in [1.82, 2.24) is 5.32 Å². The molecule has 0 bridgehead atoms. The fourth-order valence-corrected chi connectivity index (χ4v) is 3.13. The summed E-state index contributed by atoms with van der Waals surface area (Å²) in [7, 11) is 1.56. The van der Waals surface area contributed by atoms with Crippen LogP contribution in [0.4, 0.5) is 5.69 Å². The number of aliphatic hydroxyl groups is 1. The van der Waals surface area contributed by atoms with E-state index in [9.17, 15) is 9.90 Å². The van der Waals surface area contributed by atoms with E-state index in [4.69, 9.17) is 9.47 Å². The van der Waals surface area contributed by atoms with Crippen LogP contribution in [0.3, 0.4) is 0 Å². The number of hydrogen-bond acceptors (Lipinski definition) is 5. The number of methoxy groups -OCH3 is 1. The van der Waals surface area contributed by atoms with E-state index in [1.165, 1.54) is 0 Å². The smallest absolute Gasteiger partial charge is 0.262 e. The van der Waals surface area contributed by atoms with E-state index in [1.54, 1.807) is 13.2 Å². The van der Waals surface area contributed by atoms with Crippen molar-refractivity contribution in [2.75, 3.05) is 25.6 Å². The number of para-hydroxylation sites is 1. The summed E-state index contributed by atoms with van der Waals surface area (Å²) >= 11 is 0. The van der Waals surface area contributed by atoms with Crippen molar-refractivity contribution in [1.29, 1.82) is 0 Å². The summed E-state index contributed by atoms with van der Waals surface area (Å²) in [6, 6.07) is 22.6. The number of anilines is 1. The minimum absolute atomic E-state index is 0.145. The topological polar surface area (TPSA) is 79.8 Å². The summed E-state index contributed by atoms with van der Waals surface area (Å²) in [5.74, 6) is 0.796. The first-order valence-corrected chi connectivity index (χ1v) is 10.2. The van der Waals surface area contributed by atoms with Gasteiger partial charge in [0.15, 0.2) is 18.1 Å². The number of ether oxygens (including phenoxy) is 2. The SMILES string of the molecule is COc1cccc(CNC[C@@H](O)c2ccccc2)c1OCC(=O)Nc1ccc(C)cc1. The third-order valence-corrected chi connectivity index (χ3v) is 4.80. The highest BCUT2D eigenvalue weighted by molar-refractivity contribution is 5.91. The van der Waals surface area contributed by atoms with E-state index in [-0.39, 0.29) is 12.5 Å². The molecule has 0 spiro atoms. The van der Waals surface area contributed by atoms with Crippen LogP contribution in [0.2, 0.25) is 0 Å². The van der Waals surface area contributed by atoms with Crippen LogP contribution in [-0.2, 0) is 11.3 Å². The number of nitrogens with one attached hydrogen (secondary N) is 2. The summed E-state index contributed by atoms with van der Waals surface area (Å²) in [5.41, 5.74) is 3.53. The normalized spacial score (nSPS) is 11.6. The Kier molecular flexibility index (Phi) is 8.04. The van der Waals surface area contributed by atoms with Gasteiger partial charge in [-0.1, -0.05) is 60.2 Å². The van der Waals surface area contributed by atoms with Crippen LogP contribution in [0.25, 0.3) is 0 Å². The molecule has 6 heteroatoms. The summed E-state index contributed by atoms with van der Waals surface area (Å²) in [4.78, 5) is 12.3. The highest BCUT2D eigenvalue weighted by Crippen LogP contribution is 2.31. The predicted octanol–water partition coefficient (Wildman–Crippen LogP) is 3.84.